The summed E-state index contributed by atoms with van der Waals surface area (Å²) in [5, 5.41) is 0. The van der Waals surface area contributed by atoms with Gasteiger partial charge in [0.2, 0.25) is 0 Å². The van der Waals surface area contributed by atoms with Gasteiger partial charge in [-0.2, -0.15) is 9.69 Å². The summed E-state index contributed by atoms with van der Waals surface area (Å²) in [6, 6.07) is -0.274. The quantitative estimate of drug-likeness (QED) is 0.0151. The molecule has 64 heavy (non-hydrogen) atoms. The Morgan fingerprint density at radius 1 is 0.500 bits per heavy atom. The minimum atomic E-state index is -0.274. The average Bonchev–Trinajstić information content (AvgIpc) is 3.27. The number of carbonyl (C=O) groups excluding carboxylic acids is 4. The molecule has 0 rings (SSSR count). The van der Waals surface area contributed by atoms with Gasteiger partial charge >= 0.3 is 23.9 Å². The Morgan fingerprint density at radius 2 is 0.891 bits per heavy atom. The number of amides is 3. The number of carbonyl (C=O) groups is 4. The molecule has 0 aliphatic carbocycles. The van der Waals surface area contributed by atoms with Crippen LogP contribution in [0.1, 0.15) is 240 Å². The largest absolute Gasteiger partial charge is 0.500 e. The van der Waals surface area contributed by atoms with Crippen LogP contribution in [0.25, 0.3) is 0 Å². The molecule has 0 atom stereocenters. The van der Waals surface area contributed by atoms with Crippen LogP contribution < -0.4 is 0 Å². The van der Waals surface area contributed by atoms with Crippen molar-refractivity contribution in [2.75, 3.05) is 46.9 Å². The summed E-state index contributed by atoms with van der Waals surface area (Å²) in [5.41, 5.74) is 0. The van der Waals surface area contributed by atoms with Crippen LogP contribution in [0.4, 0.5) is 4.79 Å². The summed E-state index contributed by atoms with van der Waals surface area (Å²) in [4.78, 5) is 51.1. The molecule has 0 bridgehead atoms. The summed E-state index contributed by atoms with van der Waals surface area (Å²) in [5.74, 6) is 11.9. The van der Waals surface area contributed by atoms with Crippen molar-refractivity contribution in [2.45, 2.75) is 240 Å². The smallest absolute Gasteiger partial charge is 0.465 e. The second kappa shape index (κ2) is 50.6. The van der Waals surface area contributed by atoms with Gasteiger partial charge in [-0.15, -0.1) is 11.8 Å². The first-order chi connectivity index (χ1) is 31.1. The standard InChI is InChI=1S/C28H46O4.C27H52N3O2/c1-3-5-7-9-11-13-17-21-25-31-27(29)23-19-15-16-20-24-28(30)32-26-22-18-14-12-10-8-6-4-2;1-6-7-8-9-10-11-12-13-14-15-16-17-18-19-20-21-24-29(5)27(32)30(26(2)31)25-22-23-28(3)4/h3-12,15-16,19-26H2,1-2H3;13-14H,5-12,15-25H2,1-4H3/q;+1/b;14-13-. The maximum Gasteiger partial charge on any atom is 0.500 e. The summed E-state index contributed by atoms with van der Waals surface area (Å²) in [6.07, 6.45) is 40.5. The number of urea groups is 1. The summed E-state index contributed by atoms with van der Waals surface area (Å²) in [6.45, 7) is 14.7. The van der Waals surface area contributed by atoms with Gasteiger partial charge in [0, 0.05) is 52.0 Å². The summed E-state index contributed by atoms with van der Waals surface area (Å²) >= 11 is 0. The molecule has 0 aliphatic rings. The van der Waals surface area contributed by atoms with Crippen molar-refractivity contribution in [3.05, 3.63) is 12.2 Å². The van der Waals surface area contributed by atoms with Crippen LogP contribution in [0.15, 0.2) is 12.2 Å². The van der Waals surface area contributed by atoms with E-state index in [-0.39, 0.29) is 23.9 Å². The lowest BCUT2D eigenvalue weighted by Crippen LogP contribution is -2.42. The number of allylic oxidation sites excluding steroid dienone is 2. The number of ether oxygens (including phenoxy) is 2. The molecule has 0 aromatic rings. The number of esters is 2. The van der Waals surface area contributed by atoms with Gasteiger partial charge in [0.05, 0.1) is 19.8 Å². The Morgan fingerprint density at radius 3 is 1.33 bits per heavy atom. The second-order valence-electron chi connectivity index (χ2n) is 17.5. The van der Waals surface area contributed by atoms with E-state index in [2.05, 4.69) is 68.2 Å². The molecule has 0 aliphatic heterocycles. The van der Waals surface area contributed by atoms with Gasteiger partial charge in [-0.1, -0.05) is 147 Å². The van der Waals surface area contributed by atoms with Crippen LogP contribution in [0, 0.1) is 23.7 Å². The molecule has 0 saturated carbocycles. The van der Waals surface area contributed by atoms with Gasteiger partial charge in [-0.25, -0.2) is 9.37 Å². The highest BCUT2D eigenvalue weighted by Gasteiger charge is 2.28. The van der Waals surface area contributed by atoms with E-state index >= 15 is 0 Å². The zero-order valence-electron chi connectivity index (χ0n) is 42.5. The van der Waals surface area contributed by atoms with E-state index in [1.165, 1.54) is 132 Å². The molecule has 0 radical (unpaired) electrons. The minimum absolute atomic E-state index is 0.152. The van der Waals surface area contributed by atoms with E-state index in [0.717, 1.165) is 77.2 Å². The highest BCUT2D eigenvalue weighted by molar-refractivity contribution is 5.90. The number of imide groups is 1. The Kier molecular flexibility index (Phi) is 49.5. The van der Waals surface area contributed by atoms with E-state index in [0.29, 0.717) is 52.0 Å². The van der Waals surface area contributed by atoms with E-state index in [1.54, 1.807) is 0 Å². The molecule has 0 heterocycles. The fourth-order valence-electron chi connectivity index (χ4n) is 6.85. The predicted molar refractivity (Wildman–Crippen MR) is 270 cm³/mol. The maximum absolute atomic E-state index is 12.5. The first-order valence-corrected chi connectivity index (χ1v) is 26.0. The third-order valence-corrected chi connectivity index (χ3v) is 10.9. The molecule has 9 heteroatoms. The Labute approximate surface area is 394 Å². The molecule has 0 aromatic heterocycles. The van der Waals surface area contributed by atoms with E-state index in [1.807, 2.05) is 14.1 Å². The average molecular weight is 897 g/mol. The van der Waals surface area contributed by atoms with Crippen LogP contribution in [0.2, 0.25) is 0 Å². The molecular weight excluding hydrogens is 799 g/mol. The van der Waals surface area contributed by atoms with Crippen LogP contribution in [-0.4, -0.2) is 91.9 Å². The van der Waals surface area contributed by atoms with Crippen molar-refractivity contribution >= 4 is 30.6 Å². The number of rotatable bonds is 39. The summed E-state index contributed by atoms with van der Waals surface area (Å²) < 4.78 is 11.9. The molecule has 0 unspecified atom stereocenters. The highest BCUT2D eigenvalue weighted by atomic mass is 16.5. The Balaban J connectivity index is 0. The SMILES string of the molecule is C=[N+](CCCCCCCC/C=C\CCCCCCCC)C(=O)N(CCCN(C)C)C(C)=O.CCCCCCC#CCCOC(=O)CCCCCCC(=O)OCCC#CCCCCCC. The van der Waals surface area contributed by atoms with Crippen molar-refractivity contribution < 1.29 is 33.2 Å². The van der Waals surface area contributed by atoms with Crippen LogP contribution >= 0.6 is 0 Å². The fraction of sp³-hybridized carbons (Fsp3) is 0.800. The lowest BCUT2D eigenvalue weighted by atomic mass is 10.1. The van der Waals surface area contributed by atoms with Crippen molar-refractivity contribution in [3.63, 3.8) is 0 Å². The van der Waals surface area contributed by atoms with Gasteiger partial charge in [-0.3, -0.25) is 9.59 Å². The van der Waals surface area contributed by atoms with E-state index < -0.39 is 0 Å². The molecule has 368 valence electrons. The van der Waals surface area contributed by atoms with E-state index in [4.69, 9.17) is 9.47 Å². The third-order valence-electron chi connectivity index (χ3n) is 10.9. The normalized spacial score (nSPS) is 10.7. The molecule has 0 aromatic carbocycles. The molecular formula is C55H98N3O6+. The van der Waals surface area contributed by atoms with Crippen molar-refractivity contribution in [1.29, 1.82) is 0 Å². The van der Waals surface area contributed by atoms with Gasteiger partial charge in [0.25, 0.3) is 0 Å². The van der Waals surface area contributed by atoms with Crippen molar-refractivity contribution in [2.24, 2.45) is 0 Å². The zero-order valence-corrected chi connectivity index (χ0v) is 42.5. The predicted octanol–water partition coefficient (Wildman–Crippen LogP) is 13.8. The summed E-state index contributed by atoms with van der Waals surface area (Å²) in [7, 11) is 3.98. The van der Waals surface area contributed by atoms with Gasteiger partial charge < -0.3 is 14.4 Å². The first-order valence-electron chi connectivity index (χ1n) is 26.0. The van der Waals surface area contributed by atoms with Crippen molar-refractivity contribution in [1.82, 2.24) is 9.80 Å². The van der Waals surface area contributed by atoms with Crippen molar-refractivity contribution in [3.8, 4) is 23.7 Å². The molecule has 3 amide bonds. The monoisotopic (exact) mass is 897 g/mol. The number of hydrogen-bond donors (Lipinski definition) is 0. The highest BCUT2D eigenvalue weighted by Crippen LogP contribution is 2.11. The third kappa shape index (κ3) is 48.0. The van der Waals surface area contributed by atoms with Crippen LogP contribution in [0.3, 0.4) is 0 Å². The van der Waals surface area contributed by atoms with Gasteiger partial charge in [0.1, 0.15) is 13.2 Å². The second-order valence-corrected chi connectivity index (χ2v) is 17.5. The lowest BCUT2D eigenvalue weighted by molar-refractivity contribution is -0.427. The fourth-order valence-corrected chi connectivity index (χ4v) is 6.85. The van der Waals surface area contributed by atoms with Crippen LogP contribution in [0.5, 0.6) is 0 Å². The topological polar surface area (TPSA) is 96.2 Å². The number of unbranched alkanes of at least 4 members (excludes halogenated alkanes) is 23. The van der Waals surface area contributed by atoms with Gasteiger partial charge in [0.15, 0.2) is 0 Å². The minimum Gasteiger partial charge on any atom is -0.465 e. The number of hydrogen-bond acceptors (Lipinski definition) is 7. The number of nitrogens with zero attached hydrogens (tertiary/aromatic N) is 3. The Bertz CT molecular complexity index is 1250. The molecule has 0 fully saturated rings. The first kappa shape index (κ1) is 62.7. The molecule has 9 nitrogen and oxygen atoms in total. The molecule has 0 saturated heterocycles. The molecule has 0 N–H and O–H groups in total. The van der Waals surface area contributed by atoms with Gasteiger partial charge in [-0.05, 0) is 84.7 Å². The van der Waals surface area contributed by atoms with Crippen LogP contribution in [-0.2, 0) is 23.9 Å². The zero-order chi connectivity index (χ0) is 47.6. The Hall–Kier alpha value is -3.43. The maximum atomic E-state index is 12.5. The molecule has 0 spiro atoms. The van der Waals surface area contributed by atoms with E-state index in [9.17, 15) is 19.2 Å². The lowest BCUT2D eigenvalue weighted by Gasteiger charge is -2.14.